The molecular formula is C12H16BrNO2S. The van der Waals surface area contributed by atoms with Crippen LogP contribution >= 0.6 is 15.9 Å². The van der Waals surface area contributed by atoms with Crippen LogP contribution in [0.4, 0.5) is 0 Å². The summed E-state index contributed by atoms with van der Waals surface area (Å²) in [5.74, 6) is 0. The maximum Gasteiger partial charge on any atom is 0.182 e. The first-order chi connectivity index (χ1) is 8.05. The Balaban J connectivity index is 2.33. The smallest absolute Gasteiger partial charge is 0.182 e. The maximum atomic E-state index is 12.5. The van der Waals surface area contributed by atoms with Gasteiger partial charge < -0.3 is 5.32 Å². The van der Waals surface area contributed by atoms with E-state index in [4.69, 9.17) is 0 Å². The van der Waals surface area contributed by atoms with Gasteiger partial charge in [-0.2, -0.15) is 0 Å². The number of benzene rings is 1. The minimum Gasteiger partial charge on any atom is -0.316 e. The fourth-order valence-electron chi connectivity index (χ4n) is 2.43. The molecule has 3 nitrogen and oxygen atoms in total. The van der Waals surface area contributed by atoms with Crippen LogP contribution in [0.2, 0.25) is 0 Å². The fourth-order valence-corrected chi connectivity index (χ4v) is 4.74. The van der Waals surface area contributed by atoms with Gasteiger partial charge in [-0.05, 0) is 44.2 Å². The molecule has 0 heterocycles. The number of halogens is 1. The predicted molar refractivity (Wildman–Crippen MR) is 71.8 cm³/mol. The molecule has 94 valence electrons. The molecule has 1 aliphatic carbocycles. The molecule has 0 saturated heterocycles. The zero-order chi connectivity index (χ0) is 12.5. The lowest BCUT2D eigenvalue weighted by Gasteiger charge is -2.19. The van der Waals surface area contributed by atoms with Gasteiger partial charge in [0.05, 0.1) is 10.1 Å². The number of hydrogen-bond donors (Lipinski definition) is 1. The molecule has 2 atom stereocenters. The van der Waals surface area contributed by atoms with E-state index in [1.807, 2.05) is 7.05 Å². The van der Waals surface area contributed by atoms with E-state index in [0.29, 0.717) is 4.90 Å². The van der Waals surface area contributed by atoms with Gasteiger partial charge in [0.25, 0.3) is 0 Å². The molecule has 1 aliphatic rings. The molecule has 0 aliphatic heterocycles. The van der Waals surface area contributed by atoms with Gasteiger partial charge in [-0.25, -0.2) is 8.42 Å². The van der Waals surface area contributed by atoms with Crippen molar-refractivity contribution in [2.45, 2.75) is 35.4 Å². The molecule has 0 amide bonds. The van der Waals surface area contributed by atoms with Crippen molar-refractivity contribution in [3.63, 3.8) is 0 Å². The quantitative estimate of drug-likeness (QED) is 0.931. The van der Waals surface area contributed by atoms with E-state index in [2.05, 4.69) is 21.2 Å². The normalized spacial score (nSPS) is 25.1. The molecule has 1 aromatic carbocycles. The summed E-state index contributed by atoms with van der Waals surface area (Å²) in [4.78, 5) is 0.424. The van der Waals surface area contributed by atoms with Crippen molar-refractivity contribution in [1.29, 1.82) is 0 Å². The highest BCUT2D eigenvalue weighted by Crippen LogP contribution is 2.30. The van der Waals surface area contributed by atoms with Crippen LogP contribution in [0.1, 0.15) is 19.3 Å². The standard InChI is InChI=1S/C12H16BrNO2S/c1-14-11-3-2-4-12(11)17(15,16)10-7-5-9(13)6-8-10/h5-8,11-12,14H,2-4H2,1H3. The molecule has 1 saturated carbocycles. The molecule has 5 heteroatoms. The van der Waals surface area contributed by atoms with Crippen molar-refractivity contribution in [2.75, 3.05) is 7.05 Å². The summed E-state index contributed by atoms with van der Waals surface area (Å²) in [5.41, 5.74) is 0. The monoisotopic (exact) mass is 317 g/mol. The Morgan fingerprint density at radius 3 is 2.47 bits per heavy atom. The molecule has 2 unspecified atom stereocenters. The molecule has 1 aromatic rings. The van der Waals surface area contributed by atoms with Gasteiger partial charge in [-0.1, -0.05) is 22.4 Å². The molecule has 17 heavy (non-hydrogen) atoms. The topological polar surface area (TPSA) is 46.2 Å². The summed E-state index contributed by atoms with van der Waals surface area (Å²) in [7, 11) is -1.37. The first kappa shape index (κ1) is 13.1. The van der Waals surface area contributed by atoms with Crippen molar-refractivity contribution in [2.24, 2.45) is 0 Å². The number of nitrogens with one attached hydrogen (secondary N) is 1. The van der Waals surface area contributed by atoms with E-state index in [9.17, 15) is 8.42 Å². The van der Waals surface area contributed by atoms with Crippen LogP contribution < -0.4 is 5.32 Å². The van der Waals surface area contributed by atoms with Gasteiger partial charge in [-0.3, -0.25) is 0 Å². The Hall–Kier alpha value is -0.390. The molecule has 0 bridgehead atoms. The summed E-state index contributed by atoms with van der Waals surface area (Å²) in [6, 6.07) is 6.98. The number of rotatable bonds is 3. The van der Waals surface area contributed by atoms with Crippen LogP contribution in [-0.4, -0.2) is 26.8 Å². The van der Waals surface area contributed by atoms with Crippen molar-refractivity contribution in [3.8, 4) is 0 Å². The van der Waals surface area contributed by atoms with Crippen molar-refractivity contribution in [3.05, 3.63) is 28.7 Å². The first-order valence-corrected chi connectivity index (χ1v) is 8.06. The Morgan fingerprint density at radius 2 is 1.88 bits per heavy atom. The highest BCUT2D eigenvalue weighted by atomic mass is 79.9. The van der Waals surface area contributed by atoms with Gasteiger partial charge >= 0.3 is 0 Å². The van der Waals surface area contributed by atoms with E-state index in [-0.39, 0.29) is 11.3 Å². The Kier molecular flexibility index (Phi) is 3.90. The van der Waals surface area contributed by atoms with Gasteiger partial charge in [0.2, 0.25) is 0 Å². The lowest BCUT2D eigenvalue weighted by atomic mass is 10.2. The molecule has 1 fully saturated rings. The summed E-state index contributed by atoms with van der Waals surface area (Å²) in [6.45, 7) is 0. The van der Waals surface area contributed by atoms with Crippen molar-refractivity contribution in [1.82, 2.24) is 5.32 Å². The van der Waals surface area contributed by atoms with Crippen LogP contribution in [0.5, 0.6) is 0 Å². The van der Waals surface area contributed by atoms with Crippen LogP contribution in [-0.2, 0) is 9.84 Å². The average molecular weight is 318 g/mol. The van der Waals surface area contributed by atoms with Crippen LogP contribution in [0.15, 0.2) is 33.6 Å². The van der Waals surface area contributed by atoms with Crippen LogP contribution in [0.3, 0.4) is 0 Å². The Labute approximate surface area is 111 Å². The van der Waals surface area contributed by atoms with Crippen LogP contribution in [0.25, 0.3) is 0 Å². The Morgan fingerprint density at radius 1 is 1.24 bits per heavy atom. The predicted octanol–water partition coefficient (Wildman–Crippen LogP) is 2.36. The van der Waals surface area contributed by atoms with E-state index >= 15 is 0 Å². The summed E-state index contributed by atoms with van der Waals surface area (Å²) >= 11 is 3.31. The van der Waals surface area contributed by atoms with Gasteiger partial charge in [0.1, 0.15) is 0 Å². The number of hydrogen-bond acceptors (Lipinski definition) is 3. The maximum absolute atomic E-state index is 12.5. The molecule has 0 aromatic heterocycles. The zero-order valence-corrected chi connectivity index (χ0v) is 12.1. The summed E-state index contributed by atoms with van der Waals surface area (Å²) in [5, 5.41) is 2.83. The lowest BCUT2D eigenvalue weighted by Crippen LogP contribution is -2.38. The largest absolute Gasteiger partial charge is 0.316 e. The molecule has 0 spiro atoms. The fraction of sp³-hybridized carbons (Fsp3) is 0.500. The Bertz CT molecular complexity index is 484. The SMILES string of the molecule is CNC1CCCC1S(=O)(=O)c1ccc(Br)cc1. The van der Waals surface area contributed by atoms with E-state index in [1.54, 1.807) is 24.3 Å². The van der Waals surface area contributed by atoms with Crippen molar-refractivity contribution < 1.29 is 8.42 Å². The minimum absolute atomic E-state index is 0.0867. The first-order valence-electron chi connectivity index (χ1n) is 5.72. The third-order valence-electron chi connectivity index (χ3n) is 3.36. The second kappa shape index (κ2) is 5.08. The van der Waals surface area contributed by atoms with Gasteiger partial charge in [0, 0.05) is 10.5 Å². The second-order valence-corrected chi connectivity index (χ2v) is 7.45. The minimum atomic E-state index is -3.20. The van der Waals surface area contributed by atoms with Gasteiger partial charge in [-0.15, -0.1) is 0 Å². The van der Waals surface area contributed by atoms with E-state index in [0.717, 1.165) is 23.7 Å². The van der Waals surface area contributed by atoms with Crippen molar-refractivity contribution >= 4 is 25.8 Å². The van der Waals surface area contributed by atoms with Gasteiger partial charge in [0.15, 0.2) is 9.84 Å². The third kappa shape index (κ3) is 2.56. The summed E-state index contributed by atoms with van der Waals surface area (Å²) < 4.78 is 25.8. The third-order valence-corrected chi connectivity index (χ3v) is 6.18. The molecule has 1 N–H and O–H groups in total. The zero-order valence-electron chi connectivity index (χ0n) is 9.69. The average Bonchev–Trinajstić information content (AvgIpc) is 2.78. The van der Waals surface area contributed by atoms with Crippen LogP contribution in [0, 0.1) is 0 Å². The second-order valence-electron chi connectivity index (χ2n) is 4.36. The van der Waals surface area contributed by atoms with E-state index in [1.165, 1.54) is 0 Å². The molecular weight excluding hydrogens is 302 g/mol. The molecule has 0 radical (unpaired) electrons. The summed E-state index contributed by atoms with van der Waals surface area (Å²) in [6.07, 6.45) is 2.67. The number of sulfone groups is 1. The highest BCUT2D eigenvalue weighted by molar-refractivity contribution is 9.10. The lowest BCUT2D eigenvalue weighted by molar-refractivity contribution is 0.538. The highest BCUT2D eigenvalue weighted by Gasteiger charge is 2.37. The molecule has 2 rings (SSSR count). The van der Waals surface area contributed by atoms with E-state index < -0.39 is 9.84 Å².